The van der Waals surface area contributed by atoms with Gasteiger partial charge in [0.15, 0.2) is 22.8 Å². The van der Waals surface area contributed by atoms with Crippen molar-refractivity contribution in [3.63, 3.8) is 0 Å². The summed E-state index contributed by atoms with van der Waals surface area (Å²) in [6, 6.07) is 0. The molecule has 2 aliphatic rings. The van der Waals surface area contributed by atoms with Crippen molar-refractivity contribution in [2.45, 2.75) is 94.4 Å². The number of ketones is 3. The maximum Gasteiger partial charge on any atom is 0.173 e. The van der Waals surface area contributed by atoms with Crippen LogP contribution in [0.15, 0.2) is 46.3 Å². The first-order chi connectivity index (χ1) is 15.7. The van der Waals surface area contributed by atoms with Crippen LogP contribution in [0.4, 0.5) is 0 Å². The second-order valence-corrected chi connectivity index (χ2v) is 11.6. The second-order valence-electron chi connectivity index (χ2n) is 11.6. The summed E-state index contributed by atoms with van der Waals surface area (Å²) in [5, 5.41) is 11.8. The topological polar surface area (TPSA) is 71.4 Å². The zero-order chi connectivity index (χ0) is 26.0. The summed E-state index contributed by atoms with van der Waals surface area (Å²) in [5.74, 6) is -2.63. The number of carbonyl (C=O) groups is 3. The Bertz CT molecular complexity index is 962. The van der Waals surface area contributed by atoms with E-state index in [9.17, 15) is 19.5 Å². The van der Waals surface area contributed by atoms with Crippen LogP contribution < -0.4 is 0 Å². The molecule has 0 amide bonds. The lowest BCUT2D eigenvalue weighted by atomic mass is 9.42. The van der Waals surface area contributed by atoms with Crippen molar-refractivity contribution in [2.75, 3.05) is 0 Å². The van der Waals surface area contributed by atoms with E-state index in [1.807, 2.05) is 54.5 Å². The van der Waals surface area contributed by atoms with Gasteiger partial charge in [-0.05, 0) is 85.0 Å². The Labute approximate surface area is 206 Å². The summed E-state index contributed by atoms with van der Waals surface area (Å²) in [6.07, 6.45) is 8.80. The molecular weight excluding hydrogens is 424 g/mol. The molecule has 0 radical (unpaired) electrons. The quantitative estimate of drug-likeness (QED) is 0.285. The predicted octanol–water partition coefficient (Wildman–Crippen LogP) is 7.26. The van der Waals surface area contributed by atoms with Crippen molar-refractivity contribution < 1.29 is 19.5 Å². The molecule has 0 aromatic carbocycles. The number of hydrogen-bond donors (Lipinski definition) is 1. The van der Waals surface area contributed by atoms with Crippen LogP contribution in [0.1, 0.15) is 94.4 Å². The van der Waals surface area contributed by atoms with E-state index in [0.717, 1.165) is 11.1 Å². The monoisotopic (exact) mass is 468 g/mol. The molecule has 2 rings (SSSR count). The molecular formula is C30H44O4. The van der Waals surface area contributed by atoms with Gasteiger partial charge >= 0.3 is 0 Å². The van der Waals surface area contributed by atoms with Gasteiger partial charge in [0.05, 0.1) is 5.92 Å². The van der Waals surface area contributed by atoms with E-state index in [0.29, 0.717) is 25.7 Å². The average Bonchev–Trinajstić information content (AvgIpc) is 2.71. The Morgan fingerprint density at radius 2 is 1.56 bits per heavy atom. The maximum absolute atomic E-state index is 14.1. The standard InChI is InChI=1S/C30H44O4/c1-18(2)11-10-16-29(9)22(14-12-19(3)4)17-24-25(31)23(15-13-20(5)6)27(33)30(29,28(24)34)26(32)21(7)8/h11-13,21-22,24,33H,10,14-17H2,1-9H3/t22-,24+,29+,30+/m0/s1. The molecule has 0 spiro atoms. The van der Waals surface area contributed by atoms with Gasteiger partial charge in [0.1, 0.15) is 5.76 Å². The van der Waals surface area contributed by atoms with Crippen molar-refractivity contribution >= 4 is 17.3 Å². The number of Topliss-reactive ketones (excluding diaryl/α,β-unsaturated/α-hetero) is 3. The molecule has 4 nitrogen and oxygen atoms in total. The van der Waals surface area contributed by atoms with Gasteiger partial charge in [0.2, 0.25) is 0 Å². The summed E-state index contributed by atoms with van der Waals surface area (Å²) in [5.41, 5.74) is 1.12. The first-order valence-corrected chi connectivity index (χ1v) is 12.7. The predicted molar refractivity (Wildman–Crippen MR) is 138 cm³/mol. The number of hydrogen-bond acceptors (Lipinski definition) is 4. The molecule has 0 aromatic rings. The number of rotatable bonds is 9. The lowest BCUT2D eigenvalue weighted by Crippen LogP contribution is -2.66. The van der Waals surface area contributed by atoms with Crippen LogP contribution in [-0.2, 0) is 14.4 Å². The molecule has 2 bridgehead atoms. The molecule has 0 heterocycles. The second kappa shape index (κ2) is 10.6. The first-order valence-electron chi connectivity index (χ1n) is 12.7. The fraction of sp³-hybridized carbons (Fsp3) is 0.633. The Morgan fingerprint density at radius 3 is 2.06 bits per heavy atom. The van der Waals surface area contributed by atoms with E-state index >= 15 is 0 Å². The van der Waals surface area contributed by atoms with Gasteiger partial charge in [-0.25, -0.2) is 0 Å². The van der Waals surface area contributed by atoms with Crippen LogP contribution >= 0.6 is 0 Å². The highest BCUT2D eigenvalue weighted by atomic mass is 16.3. The Hall–Kier alpha value is -2.23. The van der Waals surface area contributed by atoms with Crippen LogP contribution in [0, 0.1) is 28.6 Å². The third kappa shape index (κ3) is 4.78. The number of carbonyl (C=O) groups excluding carboxylic acids is 3. The third-order valence-electron chi connectivity index (χ3n) is 7.85. The minimum absolute atomic E-state index is 0.0746. The fourth-order valence-electron chi connectivity index (χ4n) is 5.91. The molecule has 2 aliphatic carbocycles. The minimum Gasteiger partial charge on any atom is -0.510 e. The van der Waals surface area contributed by atoms with Crippen LogP contribution in [-0.4, -0.2) is 22.5 Å². The van der Waals surface area contributed by atoms with E-state index in [4.69, 9.17) is 0 Å². The summed E-state index contributed by atoms with van der Waals surface area (Å²) < 4.78 is 0. The van der Waals surface area contributed by atoms with Gasteiger partial charge < -0.3 is 5.11 Å². The van der Waals surface area contributed by atoms with E-state index in [2.05, 4.69) is 12.2 Å². The van der Waals surface area contributed by atoms with E-state index in [1.165, 1.54) is 5.57 Å². The maximum atomic E-state index is 14.1. The number of allylic oxidation sites excluding steroid dienone is 8. The van der Waals surface area contributed by atoms with Gasteiger partial charge in [-0.1, -0.05) is 55.7 Å². The van der Waals surface area contributed by atoms with Gasteiger partial charge in [0.25, 0.3) is 0 Å². The largest absolute Gasteiger partial charge is 0.510 e. The zero-order valence-corrected chi connectivity index (χ0v) is 22.7. The highest BCUT2D eigenvalue weighted by Crippen LogP contribution is 2.64. The fourth-order valence-corrected chi connectivity index (χ4v) is 5.91. The molecule has 1 N–H and O–H groups in total. The Morgan fingerprint density at radius 1 is 1.00 bits per heavy atom. The van der Waals surface area contributed by atoms with E-state index in [1.54, 1.807) is 13.8 Å². The van der Waals surface area contributed by atoms with Crippen LogP contribution in [0.25, 0.3) is 0 Å². The van der Waals surface area contributed by atoms with Crippen molar-refractivity contribution in [2.24, 2.45) is 28.6 Å². The van der Waals surface area contributed by atoms with E-state index in [-0.39, 0.29) is 41.0 Å². The summed E-state index contributed by atoms with van der Waals surface area (Å²) in [4.78, 5) is 41.7. The molecule has 0 unspecified atom stereocenters. The van der Waals surface area contributed by atoms with Gasteiger partial charge in [-0.2, -0.15) is 0 Å². The summed E-state index contributed by atoms with van der Waals surface area (Å²) in [6.45, 7) is 17.6. The zero-order valence-electron chi connectivity index (χ0n) is 22.7. The van der Waals surface area contributed by atoms with Crippen LogP contribution in [0.5, 0.6) is 0 Å². The van der Waals surface area contributed by atoms with Crippen LogP contribution in [0.3, 0.4) is 0 Å². The SMILES string of the molecule is CC(C)=CCC[C@]1(C)[C@@H](CC=C(C)C)C[C@@H]2C(=O)C(CC=C(C)C)=C(O)[C@]1(C(=O)C(C)C)C2=O. The molecule has 4 heteroatoms. The third-order valence-corrected chi connectivity index (χ3v) is 7.85. The first kappa shape index (κ1) is 28.0. The van der Waals surface area contributed by atoms with Crippen molar-refractivity contribution in [3.8, 4) is 0 Å². The molecule has 34 heavy (non-hydrogen) atoms. The molecule has 0 aliphatic heterocycles. The molecule has 1 saturated carbocycles. The summed E-state index contributed by atoms with van der Waals surface area (Å²) in [7, 11) is 0. The minimum atomic E-state index is -1.68. The lowest BCUT2D eigenvalue weighted by molar-refractivity contribution is -0.169. The smallest absolute Gasteiger partial charge is 0.173 e. The molecule has 188 valence electrons. The van der Waals surface area contributed by atoms with Gasteiger partial charge in [-0.15, -0.1) is 0 Å². The highest BCUT2D eigenvalue weighted by molar-refractivity contribution is 6.24. The van der Waals surface area contributed by atoms with Gasteiger partial charge in [-0.3, -0.25) is 14.4 Å². The molecule has 0 aromatic heterocycles. The molecule has 1 fully saturated rings. The number of aliphatic hydroxyl groups is 1. The van der Waals surface area contributed by atoms with Crippen molar-refractivity contribution in [3.05, 3.63) is 46.3 Å². The van der Waals surface area contributed by atoms with Crippen LogP contribution in [0.2, 0.25) is 0 Å². The number of aliphatic hydroxyl groups excluding tert-OH is 1. The number of fused-ring (bicyclic) bond motifs is 2. The Kier molecular flexibility index (Phi) is 8.72. The van der Waals surface area contributed by atoms with Crippen molar-refractivity contribution in [1.29, 1.82) is 0 Å². The van der Waals surface area contributed by atoms with Gasteiger partial charge in [0, 0.05) is 11.5 Å². The van der Waals surface area contributed by atoms with Crippen molar-refractivity contribution in [1.82, 2.24) is 0 Å². The molecule has 0 saturated heterocycles. The summed E-state index contributed by atoms with van der Waals surface area (Å²) >= 11 is 0. The lowest BCUT2D eigenvalue weighted by Gasteiger charge is -2.58. The Balaban J connectivity index is 2.90. The molecule has 4 atom stereocenters. The highest BCUT2D eigenvalue weighted by Gasteiger charge is 2.71. The van der Waals surface area contributed by atoms with E-state index < -0.39 is 22.7 Å². The average molecular weight is 469 g/mol. The normalized spacial score (nSPS) is 28.6.